The van der Waals surface area contributed by atoms with Gasteiger partial charge in [-0.25, -0.2) is 9.37 Å². The molecule has 18 heavy (non-hydrogen) atoms. The maximum Gasteiger partial charge on any atom is 0.224 e. The van der Waals surface area contributed by atoms with Gasteiger partial charge in [-0.1, -0.05) is 0 Å². The summed E-state index contributed by atoms with van der Waals surface area (Å²) in [7, 11) is 1.50. The molecule has 5 heteroatoms. The van der Waals surface area contributed by atoms with Crippen LogP contribution in [0, 0.1) is 11.2 Å². The highest BCUT2D eigenvalue weighted by molar-refractivity contribution is 6.07. The van der Waals surface area contributed by atoms with E-state index in [0.29, 0.717) is 17.1 Å². The van der Waals surface area contributed by atoms with Crippen LogP contribution in [0.25, 0.3) is 0 Å². The molecule has 0 aliphatic carbocycles. The molecule has 1 aromatic carbocycles. The Morgan fingerprint density at radius 1 is 1.28 bits per heavy atom. The largest absolute Gasteiger partial charge is 0.480 e. The average Bonchev–Trinajstić information content (AvgIpc) is 2.41. The molecule has 0 spiro atoms. The van der Waals surface area contributed by atoms with Crippen molar-refractivity contribution in [2.75, 3.05) is 12.4 Å². The zero-order chi connectivity index (χ0) is 13.0. The molecule has 0 fully saturated rings. The molecule has 1 heterocycles. The van der Waals surface area contributed by atoms with Crippen molar-refractivity contribution in [2.45, 2.75) is 0 Å². The molecule has 0 bridgehead atoms. The van der Waals surface area contributed by atoms with Crippen LogP contribution in [0.2, 0.25) is 0 Å². The molecule has 0 saturated heterocycles. The molecule has 2 aromatic rings. The highest BCUT2D eigenvalue weighted by Gasteiger charge is 2.09. The van der Waals surface area contributed by atoms with E-state index < -0.39 is 0 Å². The van der Waals surface area contributed by atoms with E-state index in [1.165, 1.54) is 19.2 Å². The fourth-order valence-electron chi connectivity index (χ4n) is 1.49. The van der Waals surface area contributed by atoms with Gasteiger partial charge in [-0.3, -0.25) is 5.41 Å². The summed E-state index contributed by atoms with van der Waals surface area (Å²) < 4.78 is 17.8. The van der Waals surface area contributed by atoms with E-state index in [-0.39, 0.29) is 11.7 Å². The Bertz CT molecular complexity index is 554. The number of ether oxygens (including phenoxy) is 1. The standard InChI is InChI=1S/C13H12FN3O/c1-18-13-11(3-2-8-16-13)12(15)17-10-6-4-9(14)5-7-10/h2-8H,1H3,(H2,15,17). The number of methoxy groups -OCH3 is 1. The molecular formula is C13H12FN3O. The molecule has 0 aliphatic heterocycles. The van der Waals surface area contributed by atoms with Crippen molar-refractivity contribution < 1.29 is 9.13 Å². The quantitative estimate of drug-likeness (QED) is 0.645. The van der Waals surface area contributed by atoms with Gasteiger partial charge < -0.3 is 10.1 Å². The lowest BCUT2D eigenvalue weighted by Gasteiger charge is -2.10. The fraction of sp³-hybridized carbons (Fsp3) is 0.0769. The van der Waals surface area contributed by atoms with Crippen molar-refractivity contribution in [2.24, 2.45) is 0 Å². The van der Waals surface area contributed by atoms with Gasteiger partial charge in [-0.15, -0.1) is 0 Å². The van der Waals surface area contributed by atoms with Crippen molar-refractivity contribution in [3.63, 3.8) is 0 Å². The van der Waals surface area contributed by atoms with Crippen LogP contribution in [0.15, 0.2) is 42.6 Å². The minimum Gasteiger partial charge on any atom is -0.480 e. The Morgan fingerprint density at radius 2 is 2.00 bits per heavy atom. The average molecular weight is 245 g/mol. The lowest BCUT2D eigenvalue weighted by Crippen LogP contribution is -2.13. The van der Waals surface area contributed by atoms with Crippen LogP contribution in [-0.2, 0) is 0 Å². The number of nitrogens with one attached hydrogen (secondary N) is 2. The SMILES string of the molecule is COc1ncccc1C(=N)Nc1ccc(F)cc1. The Morgan fingerprint density at radius 3 is 2.67 bits per heavy atom. The molecule has 2 N–H and O–H groups in total. The maximum absolute atomic E-state index is 12.8. The van der Waals surface area contributed by atoms with Gasteiger partial charge in [0.2, 0.25) is 5.88 Å². The zero-order valence-electron chi connectivity index (χ0n) is 9.77. The van der Waals surface area contributed by atoms with E-state index in [4.69, 9.17) is 10.1 Å². The maximum atomic E-state index is 12.8. The summed E-state index contributed by atoms with van der Waals surface area (Å²) in [4.78, 5) is 4.01. The van der Waals surface area contributed by atoms with E-state index in [2.05, 4.69) is 10.3 Å². The third-order valence-corrected chi connectivity index (χ3v) is 2.35. The summed E-state index contributed by atoms with van der Waals surface area (Å²) in [5.41, 5.74) is 1.18. The number of nitrogens with zero attached hydrogens (tertiary/aromatic N) is 1. The van der Waals surface area contributed by atoms with Crippen LogP contribution in [0.4, 0.5) is 10.1 Å². The number of aromatic nitrogens is 1. The van der Waals surface area contributed by atoms with Gasteiger partial charge >= 0.3 is 0 Å². The van der Waals surface area contributed by atoms with E-state index >= 15 is 0 Å². The monoisotopic (exact) mass is 245 g/mol. The third kappa shape index (κ3) is 2.63. The highest BCUT2D eigenvalue weighted by Crippen LogP contribution is 2.16. The Hall–Kier alpha value is -2.43. The Kier molecular flexibility index (Phi) is 3.52. The van der Waals surface area contributed by atoms with Crippen LogP contribution in [0.5, 0.6) is 5.88 Å². The first-order valence-corrected chi connectivity index (χ1v) is 5.31. The molecule has 0 amide bonds. The number of rotatable bonds is 3. The smallest absolute Gasteiger partial charge is 0.224 e. The van der Waals surface area contributed by atoms with Crippen molar-refractivity contribution in [3.8, 4) is 5.88 Å². The highest BCUT2D eigenvalue weighted by atomic mass is 19.1. The molecular weight excluding hydrogens is 233 g/mol. The summed E-state index contributed by atoms with van der Waals surface area (Å²) in [6, 6.07) is 9.23. The van der Waals surface area contributed by atoms with Gasteiger partial charge in [0.05, 0.1) is 12.7 Å². The predicted molar refractivity (Wildman–Crippen MR) is 67.6 cm³/mol. The number of amidine groups is 1. The first kappa shape index (κ1) is 12.0. The molecule has 0 atom stereocenters. The number of hydrogen-bond acceptors (Lipinski definition) is 3. The second-order valence-electron chi connectivity index (χ2n) is 3.57. The van der Waals surface area contributed by atoms with Crippen LogP contribution in [0.1, 0.15) is 5.56 Å². The summed E-state index contributed by atoms with van der Waals surface area (Å²) in [6.07, 6.45) is 1.59. The lowest BCUT2D eigenvalue weighted by atomic mass is 10.2. The minimum absolute atomic E-state index is 0.145. The van der Waals surface area contributed by atoms with Crippen molar-refractivity contribution >= 4 is 11.5 Å². The van der Waals surface area contributed by atoms with Crippen LogP contribution in [0.3, 0.4) is 0 Å². The Labute approximate surface area is 104 Å². The number of anilines is 1. The molecule has 0 radical (unpaired) electrons. The molecule has 2 rings (SSSR count). The number of hydrogen-bond donors (Lipinski definition) is 2. The summed E-state index contributed by atoms with van der Waals surface area (Å²) in [6.45, 7) is 0. The molecule has 4 nitrogen and oxygen atoms in total. The number of halogens is 1. The zero-order valence-corrected chi connectivity index (χ0v) is 9.77. The van der Waals surface area contributed by atoms with Crippen LogP contribution >= 0.6 is 0 Å². The van der Waals surface area contributed by atoms with Crippen molar-refractivity contribution in [1.29, 1.82) is 5.41 Å². The second kappa shape index (κ2) is 5.27. The lowest BCUT2D eigenvalue weighted by molar-refractivity contribution is 0.397. The summed E-state index contributed by atoms with van der Waals surface area (Å²) >= 11 is 0. The molecule has 0 saturated carbocycles. The van der Waals surface area contributed by atoms with Crippen molar-refractivity contribution in [1.82, 2.24) is 4.98 Å². The van der Waals surface area contributed by atoms with E-state index in [1.54, 1.807) is 30.5 Å². The normalized spacial score (nSPS) is 9.89. The van der Waals surface area contributed by atoms with Gasteiger partial charge in [0.1, 0.15) is 11.7 Å². The second-order valence-corrected chi connectivity index (χ2v) is 3.57. The number of pyridine rings is 1. The molecule has 92 valence electrons. The van der Waals surface area contributed by atoms with Gasteiger partial charge in [0.15, 0.2) is 0 Å². The number of benzene rings is 1. The molecule has 1 aromatic heterocycles. The van der Waals surface area contributed by atoms with Crippen molar-refractivity contribution in [3.05, 3.63) is 54.0 Å². The van der Waals surface area contributed by atoms with Gasteiger partial charge in [-0.2, -0.15) is 0 Å². The molecule has 0 aliphatic rings. The van der Waals surface area contributed by atoms with E-state index in [1.807, 2.05) is 0 Å². The van der Waals surface area contributed by atoms with Gasteiger partial charge in [0.25, 0.3) is 0 Å². The van der Waals surface area contributed by atoms with Crippen LogP contribution < -0.4 is 10.1 Å². The fourth-order valence-corrected chi connectivity index (χ4v) is 1.49. The first-order valence-electron chi connectivity index (χ1n) is 5.31. The van der Waals surface area contributed by atoms with Crippen LogP contribution in [-0.4, -0.2) is 17.9 Å². The van der Waals surface area contributed by atoms with E-state index in [9.17, 15) is 4.39 Å². The van der Waals surface area contributed by atoms with E-state index in [0.717, 1.165) is 0 Å². The summed E-state index contributed by atoms with van der Waals surface area (Å²) in [5, 5.41) is 10.8. The third-order valence-electron chi connectivity index (χ3n) is 2.35. The summed E-state index contributed by atoms with van der Waals surface area (Å²) in [5.74, 6) is 0.203. The first-order chi connectivity index (χ1) is 8.70. The predicted octanol–water partition coefficient (Wildman–Crippen LogP) is 2.67. The van der Waals surface area contributed by atoms with Gasteiger partial charge in [0, 0.05) is 11.9 Å². The topological polar surface area (TPSA) is 58.0 Å². The molecule has 0 unspecified atom stereocenters. The Balaban J connectivity index is 2.19. The van der Waals surface area contributed by atoms with Gasteiger partial charge in [-0.05, 0) is 36.4 Å². The minimum atomic E-state index is -0.314.